The second-order valence-corrected chi connectivity index (χ2v) is 2.61. The Morgan fingerprint density at radius 2 is 2.07 bits per heavy atom. The van der Waals surface area contributed by atoms with E-state index in [1.54, 1.807) is 6.07 Å². The molecule has 0 aliphatic rings. The Kier molecular flexibility index (Phi) is 3.01. The molecule has 2 N–H and O–H groups in total. The molecular formula is C10H8O4. The van der Waals surface area contributed by atoms with Crippen LogP contribution in [-0.4, -0.2) is 22.5 Å². The summed E-state index contributed by atoms with van der Waals surface area (Å²) in [7, 11) is 0. The molecule has 4 nitrogen and oxygen atoms in total. The summed E-state index contributed by atoms with van der Waals surface area (Å²) in [6.07, 6.45) is 2.81. The van der Waals surface area contributed by atoms with Crippen molar-refractivity contribution in [3.63, 3.8) is 0 Å². The molecule has 0 aliphatic heterocycles. The predicted molar refractivity (Wildman–Crippen MR) is 50.2 cm³/mol. The normalized spacial score (nSPS) is 10.3. The van der Waals surface area contributed by atoms with Gasteiger partial charge in [-0.1, -0.05) is 6.07 Å². The Morgan fingerprint density at radius 3 is 2.57 bits per heavy atom. The van der Waals surface area contributed by atoms with Crippen molar-refractivity contribution in [3.8, 4) is 5.75 Å². The van der Waals surface area contributed by atoms with Crippen LogP contribution in [0.2, 0.25) is 0 Å². The van der Waals surface area contributed by atoms with Gasteiger partial charge >= 0.3 is 5.97 Å². The van der Waals surface area contributed by atoms with Gasteiger partial charge in [0.2, 0.25) is 0 Å². The van der Waals surface area contributed by atoms with Crippen molar-refractivity contribution >= 4 is 18.3 Å². The maximum absolute atomic E-state index is 10.3. The van der Waals surface area contributed by atoms with Crippen molar-refractivity contribution in [3.05, 3.63) is 35.4 Å². The molecule has 0 unspecified atom stereocenters. The number of aldehydes is 1. The summed E-state index contributed by atoms with van der Waals surface area (Å²) in [6.45, 7) is 0. The zero-order valence-corrected chi connectivity index (χ0v) is 7.18. The minimum atomic E-state index is -1.07. The van der Waals surface area contributed by atoms with Gasteiger partial charge in [0.15, 0.2) is 6.29 Å². The number of carbonyl (C=O) groups excluding carboxylic acids is 1. The molecule has 0 aromatic heterocycles. The number of phenolic OH excluding ortho intramolecular Hbond substituents is 1. The smallest absolute Gasteiger partial charge is 0.328 e. The molecule has 0 saturated carbocycles. The third-order valence-corrected chi connectivity index (χ3v) is 1.60. The largest absolute Gasteiger partial charge is 0.507 e. The summed E-state index contributed by atoms with van der Waals surface area (Å²) in [5, 5.41) is 17.6. The summed E-state index contributed by atoms with van der Waals surface area (Å²) < 4.78 is 0. The Labute approximate surface area is 80.1 Å². The second-order valence-electron chi connectivity index (χ2n) is 2.61. The highest BCUT2D eigenvalue weighted by molar-refractivity contribution is 5.86. The number of phenols is 1. The van der Waals surface area contributed by atoms with Gasteiger partial charge in [0.25, 0.3) is 0 Å². The van der Waals surface area contributed by atoms with Crippen molar-refractivity contribution in [1.82, 2.24) is 0 Å². The van der Waals surface area contributed by atoms with Crippen LogP contribution in [0.5, 0.6) is 5.75 Å². The summed E-state index contributed by atoms with van der Waals surface area (Å²) in [5.41, 5.74) is 0.702. The maximum atomic E-state index is 10.3. The molecule has 1 rings (SSSR count). The zero-order valence-electron chi connectivity index (χ0n) is 7.18. The number of carbonyl (C=O) groups is 2. The number of aromatic hydroxyl groups is 1. The van der Waals surface area contributed by atoms with Gasteiger partial charge in [-0.25, -0.2) is 4.79 Å². The average molecular weight is 192 g/mol. The monoisotopic (exact) mass is 192 g/mol. The molecule has 0 saturated heterocycles. The molecule has 1 aromatic carbocycles. The van der Waals surface area contributed by atoms with Crippen LogP contribution < -0.4 is 0 Å². The molecular weight excluding hydrogens is 184 g/mol. The fraction of sp³-hybridized carbons (Fsp3) is 0. The summed E-state index contributed by atoms with van der Waals surface area (Å²) >= 11 is 0. The SMILES string of the molecule is O=Cc1ccc(C=CC(=O)O)cc1O. The summed E-state index contributed by atoms with van der Waals surface area (Å²) in [5.74, 6) is -1.23. The van der Waals surface area contributed by atoms with Gasteiger partial charge in [-0.3, -0.25) is 4.79 Å². The van der Waals surface area contributed by atoms with Crippen LogP contribution in [0.1, 0.15) is 15.9 Å². The highest BCUT2D eigenvalue weighted by Gasteiger charge is 1.99. The van der Waals surface area contributed by atoms with E-state index in [2.05, 4.69) is 0 Å². The molecule has 4 heteroatoms. The first-order valence-electron chi connectivity index (χ1n) is 3.82. The molecule has 0 heterocycles. The molecule has 0 bridgehead atoms. The summed E-state index contributed by atoms with van der Waals surface area (Å²) in [4.78, 5) is 20.5. The molecule has 14 heavy (non-hydrogen) atoms. The van der Waals surface area contributed by atoms with Gasteiger partial charge in [0.1, 0.15) is 5.75 Å². The maximum Gasteiger partial charge on any atom is 0.328 e. The molecule has 0 atom stereocenters. The number of carboxylic acids is 1. The van der Waals surface area contributed by atoms with E-state index >= 15 is 0 Å². The van der Waals surface area contributed by atoms with Crippen LogP contribution in [0, 0.1) is 0 Å². The van der Waals surface area contributed by atoms with E-state index in [9.17, 15) is 14.7 Å². The first kappa shape index (κ1) is 9.98. The number of hydrogen-bond donors (Lipinski definition) is 2. The highest BCUT2D eigenvalue weighted by atomic mass is 16.4. The van der Waals surface area contributed by atoms with Crippen molar-refractivity contribution in [1.29, 1.82) is 0 Å². The Balaban J connectivity index is 2.97. The average Bonchev–Trinajstić information content (AvgIpc) is 2.15. The van der Waals surface area contributed by atoms with E-state index in [0.717, 1.165) is 6.08 Å². The van der Waals surface area contributed by atoms with Crippen LogP contribution in [-0.2, 0) is 4.79 Å². The van der Waals surface area contributed by atoms with E-state index in [-0.39, 0.29) is 11.3 Å². The standard InChI is InChI=1S/C10H8O4/c11-6-8-3-1-7(5-9(8)12)2-4-10(13)14/h1-6,12H,(H,13,14). The van der Waals surface area contributed by atoms with Crippen LogP contribution >= 0.6 is 0 Å². The van der Waals surface area contributed by atoms with E-state index in [1.807, 2.05) is 0 Å². The lowest BCUT2D eigenvalue weighted by molar-refractivity contribution is -0.131. The van der Waals surface area contributed by atoms with Gasteiger partial charge in [-0.2, -0.15) is 0 Å². The molecule has 0 fully saturated rings. The van der Waals surface area contributed by atoms with Crippen molar-refractivity contribution in [2.45, 2.75) is 0 Å². The lowest BCUT2D eigenvalue weighted by atomic mass is 10.1. The van der Waals surface area contributed by atoms with Crippen molar-refractivity contribution in [2.75, 3.05) is 0 Å². The highest BCUT2D eigenvalue weighted by Crippen LogP contribution is 2.17. The molecule has 0 spiro atoms. The van der Waals surface area contributed by atoms with Gasteiger partial charge in [0.05, 0.1) is 5.56 Å². The number of carboxylic acid groups (broad SMARTS) is 1. The number of hydrogen-bond acceptors (Lipinski definition) is 3. The molecule has 0 radical (unpaired) electrons. The first-order chi connectivity index (χ1) is 6.63. The second kappa shape index (κ2) is 4.23. The third kappa shape index (κ3) is 2.45. The molecule has 1 aromatic rings. The zero-order chi connectivity index (χ0) is 10.6. The fourth-order valence-corrected chi connectivity index (χ4v) is 0.932. The van der Waals surface area contributed by atoms with Crippen molar-refractivity contribution < 1.29 is 19.8 Å². The quantitative estimate of drug-likeness (QED) is 0.559. The van der Waals surface area contributed by atoms with Crippen molar-refractivity contribution in [2.24, 2.45) is 0 Å². The number of aliphatic carboxylic acids is 1. The third-order valence-electron chi connectivity index (χ3n) is 1.60. The van der Waals surface area contributed by atoms with E-state index in [4.69, 9.17) is 5.11 Å². The number of rotatable bonds is 3. The summed E-state index contributed by atoms with van der Waals surface area (Å²) in [6, 6.07) is 4.29. The Bertz CT molecular complexity index is 393. The number of benzene rings is 1. The van der Waals surface area contributed by atoms with Crippen LogP contribution in [0.3, 0.4) is 0 Å². The van der Waals surface area contributed by atoms with Crippen LogP contribution in [0.4, 0.5) is 0 Å². The van der Waals surface area contributed by atoms with Crippen LogP contribution in [0.15, 0.2) is 24.3 Å². The first-order valence-corrected chi connectivity index (χ1v) is 3.82. The Hall–Kier alpha value is -2.10. The lowest BCUT2D eigenvalue weighted by Gasteiger charge is -1.97. The lowest BCUT2D eigenvalue weighted by Crippen LogP contribution is -1.86. The predicted octanol–water partition coefficient (Wildman–Crippen LogP) is 1.30. The van der Waals surface area contributed by atoms with Gasteiger partial charge < -0.3 is 10.2 Å². The topological polar surface area (TPSA) is 74.6 Å². The van der Waals surface area contributed by atoms with E-state index in [0.29, 0.717) is 11.8 Å². The van der Waals surface area contributed by atoms with Gasteiger partial charge in [-0.05, 0) is 23.8 Å². The Morgan fingerprint density at radius 1 is 1.36 bits per heavy atom. The van der Waals surface area contributed by atoms with Gasteiger partial charge in [-0.15, -0.1) is 0 Å². The van der Waals surface area contributed by atoms with E-state index in [1.165, 1.54) is 18.2 Å². The minimum absolute atomic E-state index is 0.160. The minimum Gasteiger partial charge on any atom is -0.507 e. The fourth-order valence-electron chi connectivity index (χ4n) is 0.932. The van der Waals surface area contributed by atoms with E-state index < -0.39 is 5.97 Å². The molecule has 0 amide bonds. The van der Waals surface area contributed by atoms with Crippen LogP contribution in [0.25, 0.3) is 6.08 Å². The molecule has 0 aliphatic carbocycles. The molecule has 72 valence electrons. The van der Waals surface area contributed by atoms with Gasteiger partial charge in [0, 0.05) is 6.08 Å².